The molecule has 104 valence electrons. The first kappa shape index (κ1) is 13.8. The fourth-order valence-corrected chi connectivity index (χ4v) is 1.90. The largest absolute Gasteiger partial charge is 0.494 e. The third-order valence-electron chi connectivity index (χ3n) is 2.96. The van der Waals surface area contributed by atoms with Crippen LogP contribution >= 0.6 is 0 Å². The van der Waals surface area contributed by atoms with Crippen molar-refractivity contribution in [1.82, 2.24) is 5.32 Å². The van der Waals surface area contributed by atoms with Crippen molar-refractivity contribution in [2.45, 2.75) is 25.0 Å². The molecule has 1 aromatic rings. The molecule has 0 saturated carbocycles. The van der Waals surface area contributed by atoms with Crippen LogP contribution < -0.4 is 10.1 Å². The number of nitrogens with one attached hydrogen (secondary N) is 1. The van der Waals surface area contributed by atoms with Gasteiger partial charge in [-0.25, -0.2) is 0 Å². The summed E-state index contributed by atoms with van der Waals surface area (Å²) in [4.78, 5) is 11.6. The Balaban J connectivity index is 1.59. The predicted octanol–water partition coefficient (Wildman–Crippen LogP) is 0.722. The van der Waals surface area contributed by atoms with Crippen LogP contribution in [0.5, 0.6) is 5.75 Å². The third kappa shape index (κ3) is 4.54. The van der Waals surface area contributed by atoms with Gasteiger partial charge in [0.25, 0.3) is 0 Å². The van der Waals surface area contributed by atoms with Gasteiger partial charge in [0.2, 0.25) is 5.91 Å². The number of carbonyl (C=O) groups excluding carboxylic acids is 1. The van der Waals surface area contributed by atoms with Crippen LogP contribution in [-0.2, 0) is 9.53 Å². The molecule has 2 N–H and O–H groups in total. The minimum Gasteiger partial charge on any atom is -0.494 e. The van der Waals surface area contributed by atoms with Gasteiger partial charge in [-0.3, -0.25) is 4.79 Å². The van der Waals surface area contributed by atoms with Gasteiger partial charge >= 0.3 is 0 Å². The minimum absolute atomic E-state index is 0.0776. The Morgan fingerprint density at radius 2 is 2.16 bits per heavy atom. The quantitative estimate of drug-likeness (QED) is 0.744. The Labute approximate surface area is 112 Å². The van der Waals surface area contributed by atoms with E-state index >= 15 is 0 Å². The molecule has 0 radical (unpaired) electrons. The molecule has 1 aliphatic heterocycles. The standard InChI is InChI=1S/C14H19NO4/c16-13-10-18-9-12(13)15-14(17)7-4-8-19-11-5-2-1-3-6-11/h1-3,5-6,12-13,16H,4,7-10H2,(H,15,17)/t12-,13-/m0/s1. The van der Waals surface area contributed by atoms with Gasteiger partial charge in [0, 0.05) is 6.42 Å². The molecule has 19 heavy (non-hydrogen) atoms. The molecule has 0 aliphatic carbocycles. The van der Waals surface area contributed by atoms with Crippen LogP contribution in [0.2, 0.25) is 0 Å². The maximum Gasteiger partial charge on any atom is 0.220 e. The molecular weight excluding hydrogens is 246 g/mol. The van der Waals surface area contributed by atoms with Crippen LogP contribution in [0.1, 0.15) is 12.8 Å². The van der Waals surface area contributed by atoms with Crippen molar-refractivity contribution in [3.63, 3.8) is 0 Å². The minimum atomic E-state index is -0.593. The van der Waals surface area contributed by atoms with E-state index in [9.17, 15) is 9.90 Å². The molecule has 1 aromatic carbocycles. The Morgan fingerprint density at radius 1 is 1.37 bits per heavy atom. The molecule has 1 heterocycles. The van der Waals surface area contributed by atoms with Gasteiger partial charge in [0.15, 0.2) is 0 Å². The summed E-state index contributed by atoms with van der Waals surface area (Å²) in [5.41, 5.74) is 0. The van der Waals surface area contributed by atoms with E-state index in [1.54, 1.807) is 0 Å². The Kier molecular flexibility index (Phi) is 5.18. The highest BCUT2D eigenvalue weighted by Gasteiger charge is 2.27. The fourth-order valence-electron chi connectivity index (χ4n) is 1.90. The molecule has 0 bridgehead atoms. The molecule has 1 saturated heterocycles. The lowest BCUT2D eigenvalue weighted by atomic mass is 10.2. The molecule has 0 aromatic heterocycles. The van der Waals surface area contributed by atoms with Gasteiger partial charge < -0.3 is 19.9 Å². The number of para-hydroxylation sites is 1. The number of aliphatic hydroxyl groups excluding tert-OH is 1. The van der Waals surface area contributed by atoms with Crippen LogP contribution in [0.3, 0.4) is 0 Å². The Morgan fingerprint density at radius 3 is 2.84 bits per heavy atom. The van der Waals surface area contributed by atoms with E-state index in [4.69, 9.17) is 9.47 Å². The molecule has 5 heteroatoms. The van der Waals surface area contributed by atoms with E-state index in [1.165, 1.54) is 0 Å². The van der Waals surface area contributed by atoms with E-state index in [1.807, 2.05) is 30.3 Å². The highest BCUT2D eigenvalue weighted by atomic mass is 16.5. The van der Waals surface area contributed by atoms with Crippen molar-refractivity contribution in [3.05, 3.63) is 30.3 Å². The summed E-state index contributed by atoms with van der Waals surface area (Å²) in [7, 11) is 0. The highest BCUT2D eigenvalue weighted by molar-refractivity contribution is 5.76. The van der Waals surface area contributed by atoms with Crippen LogP contribution in [0.4, 0.5) is 0 Å². The van der Waals surface area contributed by atoms with Gasteiger partial charge in [0.05, 0.1) is 32.0 Å². The van der Waals surface area contributed by atoms with E-state index in [2.05, 4.69) is 5.32 Å². The van der Waals surface area contributed by atoms with E-state index in [-0.39, 0.29) is 11.9 Å². The molecule has 0 spiro atoms. The first-order valence-corrected chi connectivity index (χ1v) is 6.49. The van der Waals surface area contributed by atoms with Crippen molar-refractivity contribution in [2.75, 3.05) is 19.8 Å². The summed E-state index contributed by atoms with van der Waals surface area (Å²) in [6, 6.07) is 9.23. The van der Waals surface area contributed by atoms with Crippen LogP contribution in [0.15, 0.2) is 30.3 Å². The lowest BCUT2D eigenvalue weighted by Gasteiger charge is -2.14. The van der Waals surface area contributed by atoms with Crippen LogP contribution in [0.25, 0.3) is 0 Å². The average Bonchev–Trinajstić information content (AvgIpc) is 2.82. The van der Waals surface area contributed by atoms with Crippen molar-refractivity contribution in [1.29, 1.82) is 0 Å². The lowest BCUT2D eigenvalue weighted by molar-refractivity contribution is -0.122. The van der Waals surface area contributed by atoms with Gasteiger partial charge in [-0.15, -0.1) is 0 Å². The zero-order valence-corrected chi connectivity index (χ0v) is 10.7. The number of amides is 1. The first-order chi connectivity index (χ1) is 9.25. The topological polar surface area (TPSA) is 67.8 Å². The van der Waals surface area contributed by atoms with E-state index in [0.29, 0.717) is 32.7 Å². The SMILES string of the molecule is O=C(CCCOc1ccccc1)N[C@H]1COC[C@@H]1O. The first-order valence-electron chi connectivity index (χ1n) is 6.49. The maximum atomic E-state index is 11.6. The van der Waals surface area contributed by atoms with Crippen LogP contribution in [0, 0.1) is 0 Å². The predicted molar refractivity (Wildman–Crippen MR) is 69.9 cm³/mol. The third-order valence-corrected chi connectivity index (χ3v) is 2.96. The Hall–Kier alpha value is -1.59. The zero-order valence-electron chi connectivity index (χ0n) is 10.7. The second kappa shape index (κ2) is 7.11. The summed E-state index contributed by atoms with van der Waals surface area (Å²) >= 11 is 0. The second-order valence-electron chi connectivity index (χ2n) is 4.54. The number of rotatable bonds is 6. The molecule has 1 amide bonds. The molecule has 2 atom stereocenters. The van der Waals surface area contributed by atoms with E-state index in [0.717, 1.165) is 5.75 Å². The molecule has 1 aliphatic rings. The van der Waals surface area contributed by atoms with Crippen molar-refractivity contribution in [2.24, 2.45) is 0 Å². The molecule has 5 nitrogen and oxygen atoms in total. The number of hydrogen-bond donors (Lipinski definition) is 2. The average molecular weight is 265 g/mol. The summed E-state index contributed by atoms with van der Waals surface area (Å²) in [5, 5.41) is 12.3. The van der Waals surface area contributed by atoms with E-state index < -0.39 is 6.10 Å². The van der Waals surface area contributed by atoms with Gasteiger partial charge in [-0.1, -0.05) is 18.2 Å². The molecule has 0 unspecified atom stereocenters. The number of ether oxygens (including phenoxy) is 2. The zero-order chi connectivity index (χ0) is 13.5. The molecular formula is C14H19NO4. The summed E-state index contributed by atoms with van der Waals surface area (Å²) in [6.45, 7) is 1.18. The monoisotopic (exact) mass is 265 g/mol. The molecule has 2 rings (SSSR count). The molecule has 1 fully saturated rings. The maximum absolute atomic E-state index is 11.6. The Bertz CT molecular complexity index is 396. The highest BCUT2D eigenvalue weighted by Crippen LogP contribution is 2.09. The van der Waals surface area contributed by atoms with Crippen molar-refractivity contribution < 1.29 is 19.4 Å². The van der Waals surface area contributed by atoms with Gasteiger partial charge in [-0.2, -0.15) is 0 Å². The summed E-state index contributed by atoms with van der Waals surface area (Å²) < 4.78 is 10.6. The van der Waals surface area contributed by atoms with Crippen molar-refractivity contribution in [3.8, 4) is 5.75 Å². The smallest absolute Gasteiger partial charge is 0.220 e. The van der Waals surface area contributed by atoms with Gasteiger partial charge in [0.1, 0.15) is 5.75 Å². The normalized spacial score (nSPS) is 22.2. The lowest BCUT2D eigenvalue weighted by Crippen LogP contribution is -2.42. The number of benzene rings is 1. The summed E-state index contributed by atoms with van der Waals surface area (Å²) in [6.07, 6.45) is 0.435. The number of hydrogen-bond acceptors (Lipinski definition) is 4. The van der Waals surface area contributed by atoms with Gasteiger partial charge in [-0.05, 0) is 18.6 Å². The number of carbonyl (C=O) groups is 1. The second-order valence-corrected chi connectivity index (χ2v) is 4.54. The van der Waals surface area contributed by atoms with Crippen LogP contribution in [-0.4, -0.2) is 43.0 Å². The van der Waals surface area contributed by atoms with Crippen molar-refractivity contribution >= 4 is 5.91 Å². The fraction of sp³-hybridized carbons (Fsp3) is 0.500. The number of aliphatic hydroxyl groups is 1. The summed E-state index contributed by atoms with van der Waals surface area (Å²) in [5.74, 6) is 0.730.